The molecule has 0 atom stereocenters. The van der Waals surface area contributed by atoms with Gasteiger partial charge in [0.15, 0.2) is 0 Å². The van der Waals surface area contributed by atoms with Crippen molar-refractivity contribution in [2.24, 2.45) is 0 Å². The number of rotatable bonds is 4. The zero-order valence-corrected chi connectivity index (χ0v) is 11.2. The van der Waals surface area contributed by atoms with Crippen molar-refractivity contribution in [2.75, 3.05) is 0 Å². The third-order valence-corrected chi connectivity index (χ3v) is 3.56. The van der Waals surface area contributed by atoms with Crippen LogP contribution in [0.1, 0.15) is 13.3 Å². The summed E-state index contributed by atoms with van der Waals surface area (Å²) in [6.45, 7) is 1.80. The van der Waals surface area contributed by atoms with Gasteiger partial charge in [0.05, 0.1) is 0 Å². The third kappa shape index (κ3) is 3.08. The SMILES string of the molecule is CCC(=O)O[Si]c1ccccc1-c1ccccc1. The van der Waals surface area contributed by atoms with Crippen molar-refractivity contribution >= 4 is 20.9 Å². The maximum atomic E-state index is 11.2. The van der Waals surface area contributed by atoms with Gasteiger partial charge in [0.2, 0.25) is 0 Å². The zero-order chi connectivity index (χ0) is 12.8. The molecule has 90 valence electrons. The average molecular weight is 254 g/mol. The minimum absolute atomic E-state index is 0.0664. The molecule has 0 saturated heterocycles. The topological polar surface area (TPSA) is 26.3 Å². The Hall–Kier alpha value is -1.87. The van der Waals surface area contributed by atoms with Crippen LogP contribution in [0.5, 0.6) is 0 Å². The summed E-state index contributed by atoms with van der Waals surface area (Å²) in [7, 11) is 0.0664. The highest BCUT2D eigenvalue weighted by Gasteiger charge is 2.08. The van der Waals surface area contributed by atoms with Gasteiger partial charge in [-0.25, -0.2) is 0 Å². The molecule has 0 unspecified atom stereocenters. The Morgan fingerprint density at radius 3 is 2.44 bits per heavy atom. The molecule has 0 aliphatic rings. The smallest absolute Gasteiger partial charge is 0.355 e. The van der Waals surface area contributed by atoms with Gasteiger partial charge in [-0.15, -0.1) is 0 Å². The van der Waals surface area contributed by atoms with Crippen molar-refractivity contribution in [1.82, 2.24) is 0 Å². The molecule has 0 spiro atoms. The third-order valence-electron chi connectivity index (χ3n) is 2.58. The van der Waals surface area contributed by atoms with Crippen LogP contribution in [0.2, 0.25) is 0 Å². The lowest BCUT2D eigenvalue weighted by Gasteiger charge is -2.08. The van der Waals surface area contributed by atoms with E-state index in [1.807, 2.05) is 36.4 Å². The van der Waals surface area contributed by atoms with Crippen LogP contribution >= 0.6 is 0 Å². The second kappa shape index (κ2) is 6.17. The predicted octanol–water partition coefficient (Wildman–Crippen LogP) is 2.55. The fourth-order valence-corrected chi connectivity index (χ4v) is 2.50. The van der Waals surface area contributed by atoms with Crippen molar-refractivity contribution in [3.8, 4) is 11.1 Å². The Labute approximate surface area is 110 Å². The van der Waals surface area contributed by atoms with Crippen LogP contribution in [0, 0.1) is 0 Å². The molecular formula is C15H14O2Si. The molecule has 0 N–H and O–H groups in total. The summed E-state index contributed by atoms with van der Waals surface area (Å²) in [6, 6.07) is 18.1. The van der Waals surface area contributed by atoms with Gasteiger partial charge in [0.1, 0.15) is 0 Å². The molecule has 2 aromatic carbocycles. The van der Waals surface area contributed by atoms with Gasteiger partial charge in [0, 0.05) is 6.42 Å². The van der Waals surface area contributed by atoms with Crippen molar-refractivity contribution in [3.05, 3.63) is 54.6 Å². The summed E-state index contributed by atoms with van der Waals surface area (Å²) in [6.07, 6.45) is 0.417. The maximum absolute atomic E-state index is 11.2. The highest BCUT2D eigenvalue weighted by Crippen LogP contribution is 2.16. The molecule has 2 rings (SSSR count). The Morgan fingerprint density at radius 2 is 1.72 bits per heavy atom. The molecule has 18 heavy (non-hydrogen) atoms. The maximum Gasteiger partial charge on any atom is 0.355 e. The fraction of sp³-hybridized carbons (Fsp3) is 0.133. The van der Waals surface area contributed by atoms with Crippen molar-refractivity contribution in [3.63, 3.8) is 0 Å². The van der Waals surface area contributed by atoms with Crippen LogP contribution in [-0.4, -0.2) is 15.7 Å². The number of carbonyl (C=O) groups excluding carboxylic acids is 1. The average Bonchev–Trinajstić information content (AvgIpc) is 2.46. The minimum atomic E-state index is -0.156. The zero-order valence-electron chi connectivity index (χ0n) is 10.2. The second-order valence-corrected chi connectivity index (χ2v) is 4.79. The van der Waals surface area contributed by atoms with Crippen LogP contribution in [0.4, 0.5) is 0 Å². The summed E-state index contributed by atoms with van der Waals surface area (Å²) in [5, 5.41) is 1.06. The predicted molar refractivity (Wildman–Crippen MR) is 73.6 cm³/mol. The van der Waals surface area contributed by atoms with E-state index in [1.54, 1.807) is 6.92 Å². The van der Waals surface area contributed by atoms with Crippen molar-refractivity contribution < 1.29 is 9.22 Å². The number of carbonyl (C=O) groups is 1. The molecule has 0 fully saturated rings. The van der Waals surface area contributed by atoms with E-state index in [1.165, 1.54) is 0 Å². The summed E-state index contributed by atoms with van der Waals surface area (Å²) >= 11 is 0. The van der Waals surface area contributed by atoms with E-state index >= 15 is 0 Å². The molecule has 0 aliphatic carbocycles. The van der Waals surface area contributed by atoms with Gasteiger partial charge < -0.3 is 4.43 Å². The number of hydrogen-bond acceptors (Lipinski definition) is 2. The van der Waals surface area contributed by atoms with Gasteiger partial charge in [-0.1, -0.05) is 61.5 Å². The Morgan fingerprint density at radius 1 is 1.06 bits per heavy atom. The first-order valence-corrected chi connectivity index (χ1v) is 6.82. The monoisotopic (exact) mass is 254 g/mol. The summed E-state index contributed by atoms with van der Waals surface area (Å²) in [5.74, 6) is -0.156. The molecule has 0 amide bonds. The second-order valence-electron chi connectivity index (χ2n) is 3.84. The molecule has 0 saturated carbocycles. The van der Waals surface area contributed by atoms with E-state index < -0.39 is 0 Å². The molecule has 0 aliphatic heterocycles. The highest BCUT2D eigenvalue weighted by molar-refractivity contribution is 6.51. The first-order valence-electron chi connectivity index (χ1n) is 5.91. The van der Waals surface area contributed by atoms with Crippen LogP contribution in [0.25, 0.3) is 11.1 Å². The van der Waals surface area contributed by atoms with E-state index in [9.17, 15) is 4.79 Å². The Kier molecular flexibility index (Phi) is 4.31. The van der Waals surface area contributed by atoms with Crippen LogP contribution in [0.15, 0.2) is 54.6 Å². The van der Waals surface area contributed by atoms with Gasteiger partial charge in [-0.3, -0.25) is 4.79 Å². The van der Waals surface area contributed by atoms with E-state index in [4.69, 9.17) is 4.43 Å². The standard InChI is InChI=1S/C15H14O2Si/c1-2-15(16)17-18-14-11-7-6-10-13(14)12-8-4-3-5-9-12/h3-11H,2H2,1H3. The molecule has 2 nitrogen and oxygen atoms in total. The normalized spacial score (nSPS) is 10.1. The van der Waals surface area contributed by atoms with E-state index in [0.29, 0.717) is 6.42 Å². The summed E-state index contributed by atoms with van der Waals surface area (Å²) in [4.78, 5) is 11.2. The van der Waals surface area contributed by atoms with Crippen molar-refractivity contribution in [1.29, 1.82) is 0 Å². The first-order chi connectivity index (χ1) is 8.81. The van der Waals surface area contributed by atoms with Crippen LogP contribution < -0.4 is 5.19 Å². The Bertz CT molecular complexity index is 523. The van der Waals surface area contributed by atoms with Gasteiger partial charge in [-0.05, 0) is 16.3 Å². The van der Waals surface area contributed by atoms with E-state index in [2.05, 4.69) is 18.2 Å². The molecule has 0 bridgehead atoms. The number of hydrogen-bond donors (Lipinski definition) is 0. The van der Waals surface area contributed by atoms with E-state index in [-0.39, 0.29) is 15.7 Å². The van der Waals surface area contributed by atoms with Gasteiger partial charge in [-0.2, -0.15) is 0 Å². The molecule has 0 aromatic heterocycles. The summed E-state index contributed by atoms with van der Waals surface area (Å²) in [5.41, 5.74) is 2.27. The number of benzene rings is 2. The minimum Gasteiger partial charge on any atom is -0.511 e. The highest BCUT2D eigenvalue weighted by atomic mass is 28.2. The molecule has 2 radical (unpaired) electrons. The van der Waals surface area contributed by atoms with Gasteiger partial charge in [0.25, 0.3) is 5.97 Å². The van der Waals surface area contributed by atoms with E-state index in [0.717, 1.165) is 16.3 Å². The lowest BCUT2D eigenvalue weighted by molar-refractivity contribution is -0.133. The first kappa shape index (κ1) is 12.6. The molecule has 3 heteroatoms. The van der Waals surface area contributed by atoms with Crippen LogP contribution in [0.3, 0.4) is 0 Å². The molecule has 2 aromatic rings. The fourth-order valence-electron chi connectivity index (χ4n) is 1.63. The molecule has 0 heterocycles. The lowest BCUT2D eigenvalue weighted by atomic mass is 10.1. The summed E-state index contributed by atoms with van der Waals surface area (Å²) < 4.78 is 5.23. The van der Waals surface area contributed by atoms with Crippen LogP contribution in [-0.2, 0) is 9.22 Å². The van der Waals surface area contributed by atoms with Crippen molar-refractivity contribution in [2.45, 2.75) is 13.3 Å². The molecular weight excluding hydrogens is 240 g/mol. The lowest BCUT2D eigenvalue weighted by Crippen LogP contribution is -2.22. The van der Waals surface area contributed by atoms with Gasteiger partial charge >= 0.3 is 9.76 Å². The largest absolute Gasteiger partial charge is 0.511 e. The Balaban J connectivity index is 2.24. The quantitative estimate of drug-likeness (QED) is 0.784.